The highest BCUT2D eigenvalue weighted by atomic mass is 32.1. The number of aliphatic hydroxyl groups excluding tert-OH is 1. The van der Waals surface area contributed by atoms with Gasteiger partial charge in [-0.2, -0.15) is 0 Å². The first-order valence-electron chi connectivity index (χ1n) is 6.06. The van der Waals surface area contributed by atoms with Crippen LogP contribution in [0.15, 0.2) is 0 Å². The van der Waals surface area contributed by atoms with Gasteiger partial charge in [0, 0.05) is 13.1 Å². The molecule has 1 aromatic rings. The Morgan fingerprint density at radius 1 is 1.61 bits per heavy atom. The molecule has 0 atom stereocenters. The first kappa shape index (κ1) is 13.1. The lowest BCUT2D eigenvalue weighted by molar-refractivity contribution is 0.0420. The zero-order chi connectivity index (χ0) is 13.1. The van der Waals surface area contributed by atoms with E-state index in [4.69, 9.17) is 10.8 Å². The predicted molar refractivity (Wildman–Crippen MR) is 71.8 cm³/mol. The lowest BCUT2D eigenvalue weighted by Crippen LogP contribution is -2.38. The second-order valence-electron chi connectivity index (χ2n) is 4.46. The van der Waals surface area contributed by atoms with Crippen molar-refractivity contribution >= 4 is 28.2 Å². The van der Waals surface area contributed by atoms with Crippen LogP contribution in [0.4, 0.5) is 10.9 Å². The Hall–Kier alpha value is -1.34. The number of rotatable bonds is 5. The van der Waals surface area contributed by atoms with E-state index < -0.39 is 0 Å². The Bertz CT molecular complexity index is 429. The molecule has 1 aliphatic carbocycles. The first-order chi connectivity index (χ1) is 8.60. The molecule has 0 unspecified atom stereocenters. The maximum atomic E-state index is 11.9. The highest BCUT2D eigenvalue weighted by molar-refractivity contribution is 7.18. The van der Waals surface area contributed by atoms with Gasteiger partial charge in [-0.1, -0.05) is 11.3 Å². The predicted octanol–water partition coefficient (Wildman–Crippen LogP) is 0.658. The van der Waals surface area contributed by atoms with Crippen molar-refractivity contribution in [3.05, 3.63) is 4.88 Å². The van der Waals surface area contributed by atoms with Crippen molar-refractivity contribution in [3.8, 4) is 0 Å². The Morgan fingerprint density at radius 2 is 2.33 bits per heavy atom. The van der Waals surface area contributed by atoms with Gasteiger partial charge < -0.3 is 21.5 Å². The second-order valence-corrected chi connectivity index (χ2v) is 5.46. The molecule has 1 heterocycles. The molecule has 0 spiro atoms. The van der Waals surface area contributed by atoms with Gasteiger partial charge in [0.15, 0.2) is 5.13 Å². The Balaban J connectivity index is 1.87. The van der Waals surface area contributed by atoms with Crippen molar-refractivity contribution in [2.24, 2.45) is 5.92 Å². The molecule has 2 rings (SSSR count). The summed E-state index contributed by atoms with van der Waals surface area (Å²) in [4.78, 5) is 16.4. The van der Waals surface area contributed by atoms with Crippen molar-refractivity contribution in [3.63, 3.8) is 0 Å². The van der Waals surface area contributed by atoms with Crippen molar-refractivity contribution in [1.29, 1.82) is 0 Å². The molecule has 6 nitrogen and oxygen atoms in total. The SMILES string of the molecule is CCNc1nc(N)c(C(=O)NCC2CC(O)C2)s1. The number of anilines is 2. The lowest BCUT2D eigenvalue weighted by atomic mass is 9.82. The summed E-state index contributed by atoms with van der Waals surface area (Å²) >= 11 is 1.26. The molecule has 0 saturated heterocycles. The molecule has 100 valence electrons. The van der Waals surface area contributed by atoms with Crippen LogP contribution in [0.3, 0.4) is 0 Å². The Morgan fingerprint density at radius 3 is 2.94 bits per heavy atom. The zero-order valence-corrected chi connectivity index (χ0v) is 11.1. The minimum absolute atomic E-state index is 0.185. The number of carbonyl (C=O) groups excluding carboxylic acids is 1. The highest BCUT2D eigenvalue weighted by Gasteiger charge is 2.27. The zero-order valence-electron chi connectivity index (χ0n) is 10.3. The molecule has 1 saturated carbocycles. The summed E-state index contributed by atoms with van der Waals surface area (Å²) in [5.41, 5.74) is 5.71. The number of nitrogens with zero attached hydrogens (tertiary/aromatic N) is 1. The largest absolute Gasteiger partial charge is 0.393 e. The van der Waals surface area contributed by atoms with Crippen molar-refractivity contribution in [1.82, 2.24) is 10.3 Å². The Labute approximate surface area is 110 Å². The van der Waals surface area contributed by atoms with Crippen LogP contribution in [0, 0.1) is 5.92 Å². The van der Waals surface area contributed by atoms with Crippen LogP contribution >= 0.6 is 11.3 Å². The van der Waals surface area contributed by atoms with E-state index in [1.54, 1.807) is 0 Å². The Kier molecular flexibility index (Phi) is 4.03. The summed E-state index contributed by atoms with van der Waals surface area (Å²) < 4.78 is 0. The minimum Gasteiger partial charge on any atom is -0.393 e. The molecule has 7 heteroatoms. The number of amides is 1. The number of thiazole rings is 1. The van der Waals surface area contributed by atoms with Crippen LogP contribution < -0.4 is 16.4 Å². The third-order valence-electron chi connectivity index (χ3n) is 2.95. The van der Waals surface area contributed by atoms with Crippen LogP contribution in [-0.2, 0) is 0 Å². The fourth-order valence-electron chi connectivity index (χ4n) is 1.91. The van der Waals surface area contributed by atoms with E-state index in [-0.39, 0.29) is 17.8 Å². The molecule has 0 radical (unpaired) electrons. The topological polar surface area (TPSA) is 100 Å². The van der Waals surface area contributed by atoms with Gasteiger partial charge in [0.2, 0.25) is 0 Å². The van der Waals surface area contributed by atoms with Crippen LogP contribution in [0.25, 0.3) is 0 Å². The summed E-state index contributed by atoms with van der Waals surface area (Å²) in [5, 5.41) is 15.7. The number of nitrogens with two attached hydrogens (primary N) is 1. The number of hydrogen-bond acceptors (Lipinski definition) is 6. The standard InChI is InChI=1S/C11H18N4O2S/c1-2-13-11-15-9(12)8(18-11)10(17)14-5-6-3-7(16)4-6/h6-7,16H,2-5,12H2,1H3,(H,13,15)(H,14,17). The molecule has 0 aromatic carbocycles. The van der Waals surface area contributed by atoms with Gasteiger partial charge in [0.1, 0.15) is 10.7 Å². The quantitative estimate of drug-likeness (QED) is 0.629. The van der Waals surface area contributed by atoms with Crippen LogP contribution in [0.2, 0.25) is 0 Å². The summed E-state index contributed by atoms with van der Waals surface area (Å²) in [5.74, 6) is 0.462. The van der Waals surface area contributed by atoms with Crippen LogP contribution in [0.5, 0.6) is 0 Å². The molecule has 1 amide bonds. The van der Waals surface area contributed by atoms with Gasteiger partial charge in [-0.15, -0.1) is 0 Å². The normalized spacial score (nSPS) is 22.3. The fourth-order valence-corrected chi connectivity index (χ4v) is 2.77. The smallest absolute Gasteiger partial charge is 0.265 e. The number of aromatic nitrogens is 1. The molecule has 5 N–H and O–H groups in total. The maximum Gasteiger partial charge on any atom is 0.265 e. The average molecular weight is 270 g/mol. The molecular formula is C11H18N4O2S. The van der Waals surface area contributed by atoms with E-state index >= 15 is 0 Å². The molecule has 18 heavy (non-hydrogen) atoms. The third kappa shape index (κ3) is 2.91. The number of nitrogens with one attached hydrogen (secondary N) is 2. The van der Waals surface area contributed by atoms with Crippen molar-refractivity contribution in [2.75, 3.05) is 24.1 Å². The van der Waals surface area contributed by atoms with Gasteiger partial charge in [0.25, 0.3) is 5.91 Å². The number of nitrogen functional groups attached to an aromatic ring is 1. The number of hydrogen-bond donors (Lipinski definition) is 4. The summed E-state index contributed by atoms with van der Waals surface area (Å²) in [6.45, 7) is 3.29. The van der Waals surface area contributed by atoms with E-state index in [1.807, 2.05) is 6.92 Å². The molecular weight excluding hydrogens is 252 g/mol. The monoisotopic (exact) mass is 270 g/mol. The second kappa shape index (κ2) is 5.53. The molecule has 1 aromatic heterocycles. The van der Waals surface area contributed by atoms with Crippen LogP contribution in [0.1, 0.15) is 29.4 Å². The summed E-state index contributed by atoms with van der Waals surface area (Å²) in [6.07, 6.45) is 1.34. The number of aliphatic hydroxyl groups is 1. The number of carbonyl (C=O) groups is 1. The van der Waals surface area contributed by atoms with Gasteiger partial charge in [-0.05, 0) is 25.7 Å². The van der Waals surface area contributed by atoms with Crippen molar-refractivity contribution < 1.29 is 9.90 Å². The van der Waals surface area contributed by atoms with E-state index in [9.17, 15) is 4.79 Å². The highest BCUT2D eigenvalue weighted by Crippen LogP contribution is 2.27. The summed E-state index contributed by atoms with van der Waals surface area (Å²) in [7, 11) is 0. The van der Waals surface area contributed by atoms with E-state index in [1.165, 1.54) is 11.3 Å². The molecule has 0 bridgehead atoms. The van der Waals surface area contributed by atoms with Crippen LogP contribution in [-0.4, -0.2) is 35.2 Å². The van der Waals surface area contributed by atoms with E-state index in [0.717, 1.165) is 19.4 Å². The van der Waals surface area contributed by atoms with Gasteiger partial charge >= 0.3 is 0 Å². The third-order valence-corrected chi connectivity index (χ3v) is 3.98. The fraction of sp³-hybridized carbons (Fsp3) is 0.636. The molecule has 0 aliphatic heterocycles. The maximum absolute atomic E-state index is 11.9. The average Bonchev–Trinajstić information content (AvgIpc) is 2.64. The molecule has 1 fully saturated rings. The van der Waals surface area contributed by atoms with Gasteiger partial charge in [-0.25, -0.2) is 4.98 Å². The van der Waals surface area contributed by atoms with E-state index in [2.05, 4.69) is 15.6 Å². The van der Waals surface area contributed by atoms with Gasteiger partial charge in [0.05, 0.1) is 6.10 Å². The van der Waals surface area contributed by atoms with E-state index in [0.29, 0.717) is 22.5 Å². The summed E-state index contributed by atoms with van der Waals surface area (Å²) in [6, 6.07) is 0. The molecule has 1 aliphatic rings. The minimum atomic E-state index is -0.194. The first-order valence-corrected chi connectivity index (χ1v) is 6.88. The lowest BCUT2D eigenvalue weighted by Gasteiger charge is -2.31. The van der Waals surface area contributed by atoms with Gasteiger partial charge in [-0.3, -0.25) is 4.79 Å². The van der Waals surface area contributed by atoms with Crippen molar-refractivity contribution in [2.45, 2.75) is 25.9 Å².